The lowest BCUT2D eigenvalue weighted by Gasteiger charge is -2.29. The van der Waals surface area contributed by atoms with Crippen LogP contribution in [0.2, 0.25) is 5.02 Å². The Hall–Kier alpha value is -1.46. The van der Waals surface area contributed by atoms with Crippen molar-refractivity contribution in [1.82, 2.24) is 25.1 Å². The summed E-state index contributed by atoms with van der Waals surface area (Å²) in [5, 5.41) is 13.5. The van der Waals surface area contributed by atoms with Crippen LogP contribution in [0.4, 0.5) is 0 Å². The van der Waals surface area contributed by atoms with Crippen LogP contribution >= 0.6 is 11.6 Å². The first-order valence-electron chi connectivity index (χ1n) is 6.50. The van der Waals surface area contributed by atoms with Gasteiger partial charge in [-0.05, 0) is 49.8 Å². The lowest BCUT2D eigenvalue weighted by atomic mass is 10.0. The van der Waals surface area contributed by atoms with Crippen LogP contribution in [0.15, 0.2) is 24.3 Å². The number of likely N-dealkylation sites (tertiary alicyclic amines) is 1. The van der Waals surface area contributed by atoms with Gasteiger partial charge in [0.1, 0.15) is 0 Å². The minimum absolute atomic E-state index is 0.279. The highest BCUT2D eigenvalue weighted by atomic mass is 35.5. The third-order valence-electron chi connectivity index (χ3n) is 3.54. The molecule has 2 aromatic rings. The average molecular weight is 278 g/mol. The highest BCUT2D eigenvalue weighted by Gasteiger charge is 2.24. The summed E-state index contributed by atoms with van der Waals surface area (Å²) in [6.07, 6.45) is 3.56. The molecule has 1 aliphatic rings. The molecule has 0 aliphatic carbocycles. The van der Waals surface area contributed by atoms with Crippen molar-refractivity contribution in [1.29, 1.82) is 0 Å². The molecule has 1 atom stereocenters. The Labute approximate surface area is 117 Å². The summed E-state index contributed by atoms with van der Waals surface area (Å²) in [6, 6.07) is 7.74. The maximum absolute atomic E-state index is 5.98. The molecule has 0 saturated carbocycles. The molecule has 0 N–H and O–H groups in total. The van der Waals surface area contributed by atoms with Crippen molar-refractivity contribution in [3.63, 3.8) is 0 Å². The molecular weight excluding hydrogens is 262 g/mol. The molecule has 1 fully saturated rings. The van der Waals surface area contributed by atoms with Crippen LogP contribution in [-0.4, -0.2) is 38.7 Å². The molecule has 19 heavy (non-hydrogen) atoms. The molecule has 3 rings (SSSR count). The van der Waals surface area contributed by atoms with E-state index in [-0.39, 0.29) is 6.04 Å². The van der Waals surface area contributed by atoms with Crippen molar-refractivity contribution in [3.8, 4) is 5.69 Å². The molecule has 1 aromatic carbocycles. The molecule has 1 aromatic heterocycles. The molecular formula is C13H16ClN5. The fraction of sp³-hybridized carbons (Fsp3) is 0.462. The van der Waals surface area contributed by atoms with Gasteiger partial charge in [-0.15, -0.1) is 15.0 Å². The number of nitrogens with zero attached hydrogens (tertiary/aromatic N) is 5. The Morgan fingerprint density at radius 1 is 1.32 bits per heavy atom. The molecule has 0 radical (unpaired) electrons. The fourth-order valence-electron chi connectivity index (χ4n) is 2.47. The normalized spacial score (nSPS) is 20.6. The van der Waals surface area contributed by atoms with E-state index in [1.165, 1.54) is 12.8 Å². The molecule has 100 valence electrons. The zero-order chi connectivity index (χ0) is 13.2. The standard InChI is InChI=1S/C13H16ClN5/c1-18-8-3-2-7-12(18)13-15-17-19(16-13)11-6-4-5-10(14)9-11/h4-6,9,12H,2-3,7-8H2,1H3. The monoisotopic (exact) mass is 277 g/mol. The number of tetrazole rings is 1. The number of hydrogen-bond donors (Lipinski definition) is 0. The summed E-state index contributed by atoms with van der Waals surface area (Å²) in [4.78, 5) is 3.84. The minimum atomic E-state index is 0.279. The Balaban J connectivity index is 1.86. The largest absolute Gasteiger partial charge is 0.296 e. The Kier molecular flexibility index (Phi) is 3.48. The Bertz CT molecular complexity index is 568. The molecule has 6 heteroatoms. The molecule has 0 bridgehead atoms. The van der Waals surface area contributed by atoms with Crippen LogP contribution in [0.25, 0.3) is 5.69 Å². The first-order valence-corrected chi connectivity index (χ1v) is 6.88. The Morgan fingerprint density at radius 3 is 3.00 bits per heavy atom. The number of hydrogen-bond acceptors (Lipinski definition) is 4. The molecule has 0 spiro atoms. The zero-order valence-corrected chi connectivity index (χ0v) is 11.6. The van der Waals surface area contributed by atoms with Gasteiger partial charge in [0.15, 0.2) is 5.82 Å². The number of benzene rings is 1. The van der Waals surface area contributed by atoms with Crippen LogP contribution in [0.5, 0.6) is 0 Å². The smallest absolute Gasteiger partial charge is 0.192 e. The van der Waals surface area contributed by atoms with Gasteiger partial charge in [-0.2, -0.15) is 0 Å². The van der Waals surface area contributed by atoms with E-state index in [1.54, 1.807) is 4.80 Å². The van der Waals surface area contributed by atoms with Crippen molar-refractivity contribution < 1.29 is 0 Å². The Morgan fingerprint density at radius 2 is 2.21 bits per heavy atom. The molecule has 1 unspecified atom stereocenters. The SMILES string of the molecule is CN1CCCCC1c1nnn(-c2cccc(Cl)c2)n1. The van der Waals surface area contributed by atoms with E-state index in [4.69, 9.17) is 11.6 Å². The number of rotatable bonds is 2. The van der Waals surface area contributed by atoms with Gasteiger partial charge < -0.3 is 0 Å². The number of aromatic nitrogens is 4. The van der Waals surface area contributed by atoms with E-state index in [0.717, 1.165) is 24.5 Å². The van der Waals surface area contributed by atoms with Crippen LogP contribution in [-0.2, 0) is 0 Å². The van der Waals surface area contributed by atoms with Gasteiger partial charge in [-0.1, -0.05) is 24.1 Å². The summed E-state index contributed by atoms with van der Waals surface area (Å²) >= 11 is 5.98. The van der Waals surface area contributed by atoms with Gasteiger partial charge in [0, 0.05) is 5.02 Å². The van der Waals surface area contributed by atoms with Crippen LogP contribution in [0.3, 0.4) is 0 Å². The van der Waals surface area contributed by atoms with Gasteiger partial charge in [0.2, 0.25) is 0 Å². The van der Waals surface area contributed by atoms with Crippen molar-refractivity contribution in [3.05, 3.63) is 35.1 Å². The molecule has 5 nitrogen and oxygen atoms in total. The third kappa shape index (κ3) is 2.62. The van der Waals surface area contributed by atoms with Gasteiger partial charge in [-0.25, -0.2) is 0 Å². The third-order valence-corrected chi connectivity index (χ3v) is 3.77. The van der Waals surface area contributed by atoms with E-state index in [9.17, 15) is 0 Å². The maximum Gasteiger partial charge on any atom is 0.192 e. The summed E-state index contributed by atoms with van der Waals surface area (Å²) in [5.74, 6) is 0.794. The summed E-state index contributed by atoms with van der Waals surface area (Å²) < 4.78 is 0. The van der Waals surface area contributed by atoms with Crippen molar-refractivity contribution >= 4 is 11.6 Å². The van der Waals surface area contributed by atoms with Gasteiger partial charge in [0.25, 0.3) is 0 Å². The summed E-state index contributed by atoms with van der Waals surface area (Å²) in [7, 11) is 2.11. The first-order chi connectivity index (χ1) is 9.24. The second-order valence-corrected chi connectivity index (χ2v) is 5.35. The first kappa shape index (κ1) is 12.6. The van der Waals surface area contributed by atoms with Crippen molar-refractivity contribution in [2.45, 2.75) is 25.3 Å². The van der Waals surface area contributed by atoms with E-state index in [2.05, 4.69) is 27.4 Å². The predicted molar refractivity (Wildman–Crippen MR) is 73.4 cm³/mol. The van der Waals surface area contributed by atoms with Crippen molar-refractivity contribution in [2.24, 2.45) is 0 Å². The van der Waals surface area contributed by atoms with Gasteiger partial charge >= 0.3 is 0 Å². The highest BCUT2D eigenvalue weighted by Crippen LogP contribution is 2.26. The van der Waals surface area contributed by atoms with E-state index in [1.807, 2.05) is 24.3 Å². The molecule has 2 heterocycles. The molecule has 1 saturated heterocycles. The fourth-order valence-corrected chi connectivity index (χ4v) is 2.65. The van der Waals surface area contributed by atoms with Crippen LogP contribution in [0, 0.1) is 0 Å². The average Bonchev–Trinajstić information content (AvgIpc) is 2.89. The molecule has 1 aliphatic heterocycles. The number of halogens is 1. The zero-order valence-electron chi connectivity index (χ0n) is 10.8. The summed E-state index contributed by atoms with van der Waals surface area (Å²) in [5.41, 5.74) is 0.838. The highest BCUT2D eigenvalue weighted by molar-refractivity contribution is 6.30. The van der Waals surface area contributed by atoms with Gasteiger partial charge in [0.05, 0.1) is 11.7 Å². The van der Waals surface area contributed by atoms with Crippen LogP contribution < -0.4 is 0 Å². The van der Waals surface area contributed by atoms with E-state index < -0.39 is 0 Å². The molecule has 0 amide bonds. The quantitative estimate of drug-likeness (QED) is 0.846. The topological polar surface area (TPSA) is 46.8 Å². The second kappa shape index (κ2) is 5.27. The maximum atomic E-state index is 5.98. The van der Waals surface area contributed by atoms with E-state index in [0.29, 0.717) is 5.02 Å². The van der Waals surface area contributed by atoms with Crippen LogP contribution in [0.1, 0.15) is 31.1 Å². The lowest BCUT2D eigenvalue weighted by molar-refractivity contribution is 0.179. The van der Waals surface area contributed by atoms with E-state index >= 15 is 0 Å². The summed E-state index contributed by atoms with van der Waals surface area (Å²) in [6.45, 7) is 1.09. The minimum Gasteiger partial charge on any atom is -0.296 e. The lowest BCUT2D eigenvalue weighted by Crippen LogP contribution is -2.30. The number of piperidine rings is 1. The van der Waals surface area contributed by atoms with Crippen molar-refractivity contribution in [2.75, 3.05) is 13.6 Å². The predicted octanol–water partition coefficient (Wildman–Crippen LogP) is 2.47. The van der Waals surface area contributed by atoms with Gasteiger partial charge in [-0.3, -0.25) is 4.90 Å². The second-order valence-electron chi connectivity index (χ2n) is 4.91.